The summed E-state index contributed by atoms with van der Waals surface area (Å²) in [6, 6.07) is 11.7. The fourth-order valence-corrected chi connectivity index (χ4v) is 3.32. The monoisotopic (exact) mass is 339 g/mol. The summed E-state index contributed by atoms with van der Waals surface area (Å²) in [4.78, 5) is 18.4. The number of likely N-dealkylation sites (tertiary alicyclic amines) is 1. The van der Waals surface area contributed by atoms with Gasteiger partial charge in [-0.1, -0.05) is 30.3 Å². The Hall–Kier alpha value is -2.40. The Morgan fingerprint density at radius 3 is 2.64 bits per heavy atom. The summed E-state index contributed by atoms with van der Waals surface area (Å²) >= 11 is 0. The Bertz CT molecular complexity index is 682. The molecule has 5 nitrogen and oxygen atoms in total. The molecule has 0 saturated carbocycles. The molecular formula is C20H25N3O2. The molecule has 25 heavy (non-hydrogen) atoms. The third kappa shape index (κ3) is 5.03. The van der Waals surface area contributed by atoms with E-state index >= 15 is 0 Å². The second kappa shape index (κ2) is 8.62. The predicted molar refractivity (Wildman–Crippen MR) is 96.8 cm³/mol. The number of amides is 2. The molecule has 0 radical (unpaired) electrons. The summed E-state index contributed by atoms with van der Waals surface area (Å²) < 4.78 is 0. The first-order chi connectivity index (χ1) is 12.2. The number of hydrogen-bond donors (Lipinski definition) is 2. The lowest BCUT2D eigenvalue weighted by Crippen LogP contribution is -2.44. The van der Waals surface area contributed by atoms with E-state index in [1.165, 1.54) is 5.56 Å². The average molecular weight is 339 g/mol. The third-order valence-electron chi connectivity index (χ3n) is 4.77. The zero-order chi connectivity index (χ0) is 17.5. The van der Waals surface area contributed by atoms with Crippen molar-refractivity contribution in [3.05, 3.63) is 65.5 Å². The van der Waals surface area contributed by atoms with Crippen LogP contribution in [-0.2, 0) is 19.6 Å². The average Bonchev–Trinajstić information content (AvgIpc) is 2.67. The van der Waals surface area contributed by atoms with Crippen LogP contribution in [0.3, 0.4) is 0 Å². The van der Waals surface area contributed by atoms with Crippen molar-refractivity contribution in [3.8, 4) is 0 Å². The molecule has 132 valence electrons. The molecule has 1 aromatic heterocycles. The van der Waals surface area contributed by atoms with Crippen LogP contribution in [0.25, 0.3) is 0 Å². The van der Waals surface area contributed by atoms with E-state index in [1.807, 2.05) is 41.4 Å². The van der Waals surface area contributed by atoms with Gasteiger partial charge in [0.05, 0.1) is 6.61 Å². The van der Waals surface area contributed by atoms with Gasteiger partial charge in [-0.2, -0.15) is 0 Å². The van der Waals surface area contributed by atoms with E-state index in [1.54, 1.807) is 6.20 Å². The second-order valence-electron chi connectivity index (χ2n) is 6.63. The molecule has 2 heterocycles. The van der Waals surface area contributed by atoms with Gasteiger partial charge >= 0.3 is 6.03 Å². The summed E-state index contributed by atoms with van der Waals surface area (Å²) in [5.74, 6) is 0.620. The number of pyridine rings is 1. The van der Waals surface area contributed by atoms with Gasteiger partial charge in [0.15, 0.2) is 0 Å². The van der Waals surface area contributed by atoms with Gasteiger partial charge in [0, 0.05) is 32.0 Å². The van der Waals surface area contributed by atoms with Crippen LogP contribution in [0.2, 0.25) is 0 Å². The highest BCUT2D eigenvalue weighted by Gasteiger charge is 2.22. The Morgan fingerprint density at radius 2 is 1.92 bits per heavy atom. The first kappa shape index (κ1) is 17.4. The van der Waals surface area contributed by atoms with E-state index in [9.17, 15) is 9.90 Å². The Balaban J connectivity index is 1.43. The topological polar surface area (TPSA) is 65.5 Å². The Labute approximate surface area is 148 Å². The first-order valence-corrected chi connectivity index (χ1v) is 8.85. The van der Waals surface area contributed by atoms with E-state index in [4.69, 9.17) is 0 Å². The first-order valence-electron chi connectivity index (χ1n) is 8.85. The number of carbonyl (C=O) groups excluding carboxylic acids is 1. The van der Waals surface area contributed by atoms with Crippen LogP contribution >= 0.6 is 0 Å². The highest BCUT2D eigenvalue weighted by Crippen LogP contribution is 2.21. The fourth-order valence-electron chi connectivity index (χ4n) is 3.32. The molecular weight excluding hydrogens is 314 g/mol. The molecule has 1 aromatic carbocycles. The molecule has 0 spiro atoms. The second-order valence-corrected chi connectivity index (χ2v) is 6.63. The number of hydrogen-bond acceptors (Lipinski definition) is 3. The largest absolute Gasteiger partial charge is 0.392 e. The molecule has 2 N–H and O–H groups in total. The molecule has 2 aromatic rings. The molecule has 0 atom stereocenters. The number of aliphatic hydroxyl groups is 1. The number of nitrogens with zero attached hydrogens (tertiary/aromatic N) is 2. The smallest absolute Gasteiger partial charge is 0.317 e. The molecule has 1 saturated heterocycles. The maximum absolute atomic E-state index is 12.3. The minimum absolute atomic E-state index is 0.00534. The standard InChI is InChI=1S/C20H25N3O2/c24-15-19-4-1-3-18(12-19)14-22-20(25)23-9-6-16(7-10-23)11-17-5-2-8-21-13-17/h1-5,8,12-13,16,24H,6-7,9-11,14-15H2,(H,22,25). The zero-order valence-corrected chi connectivity index (χ0v) is 14.4. The van der Waals surface area contributed by atoms with Crippen LogP contribution in [0.1, 0.15) is 29.5 Å². The number of rotatable bonds is 5. The lowest BCUT2D eigenvalue weighted by molar-refractivity contribution is 0.170. The van der Waals surface area contributed by atoms with Gasteiger partial charge in [0.1, 0.15) is 0 Å². The molecule has 1 fully saturated rings. The van der Waals surface area contributed by atoms with E-state index in [2.05, 4.69) is 16.4 Å². The van der Waals surface area contributed by atoms with Crippen molar-refractivity contribution in [2.45, 2.75) is 32.4 Å². The third-order valence-corrected chi connectivity index (χ3v) is 4.77. The van der Waals surface area contributed by atoms with Crippen LogP contribution < -0.4 is 5.32 Å². The van der Waals surface area contributed by atoms with Gasteiger partial charge < -0.3 is 15.3 Å². The molecule has 3 rings (SSSR count). The van der Waals surface area contributed by atoms with Gasteiger partial charge in [-0.15, -0.1) is 0 Å². The van der Waals surface area contributed by atoms with Crippen molar-refractivity contribution in [2.24, 2.45) is 5.92 Å². The Kier molecular flexibility index (Phi) is 6.01. The molecule has 1 aliphatic rings. The van der Waals surface area contributed by atoms with Crippen LogP contribution in [0.5, 0.6) is 0 Å². The van der Waals surface area contributed by atoms with Crippen molar-refractivity contribution >= 4 is 6.03 Å². The van der Waals surface area contributed by atoms with Crippen molar-refractivity contribution in [1.29, 1.82) is 0 Å². The quantitative estimate of drug-likeness (QED) is 0.880. The van der Waals surface area contributed by atoms with Gasteiger partial charge in [0.25, 0.3) is 0 Å². The van der Waals surface area contributed by atoms with E-state index in [0.717, 1.165) is 43.5 Å². The number of benzene rings is 1. The van der Waals surface area contributed by atoms with E-state index in [-0.39, 0.29) is 12.6 Å². The fraction of sp³-hybridized carbons (Fsp3) is 0.400. The van der Waals surface area contributed by atoms with Crippen LogP contribution in [0, 0.1) is 5.92 Å². The minimum atomic E-state index is -0.00534. The number of aliphatic hydroxyl groups excluding tert-OH is 1. The molecule has 0 aliphatic carbocycles. The maximum Gasteiger partial charge on any atom is 0.317 e. The van der Waals surface area contributed by atoms with Crippen molar-refractivity contribution in [3.63, 3.8) is 0 Å². The van der Waals surface area contributed by atoms with Crippen molar-refractivity contribution < 1.29 is 9.90 Å². The minimum Gasteiger partial charge on any atom is -0.392 e. The van der Waals surface area contributed by atoms with Gasteiger partial charge in [-0.3, -0.25) is 4.98 Å². The zero-order valence-electron chi connectivity index (χ0n) is 14.4. The van der Waals surface area contributed by atoms with Crippen molar-refractivity contribution in [1.82, 2.24) is 15.2 Å². The number of piperidine rings is 1. The molecule has 0 bridgehead atoms. The van der Waals surface area contributed by atoms with Crippen LogP contribution in [-0.4, -0.2) is 34.1 Å². The summed E-state index contributed by atoms with van der Waals surface area (Å²) in [5, 5.41) is 12.2. The summed E-state index contributed by atoms with van der Waals surface area (Å²) in [5.41, 5.74) is 3.14. The number of nitrogens with one attached hydrogen (secondary N) is 1. The normalized spacial score (nSPS) is 15.2. The van der Waals surface area contributed by atoms with Crippen LogP contribution in [0.4, 0.5) is 4.79 Å². The lowest BCUT2D eigenvalue weighted by atomic mass is 9.91. The molecule has 2 amide bonds. The number of carbonyl (C=O) groups is 1. The Morgan fingerprint density at radius 1 is 1.16 bits per heavy atom. The van der Waals surface area contributed by atoms with Crippen molar-refractivity contribution in [2.75, 3.05) is 13.1 Å². The molecule has 1 aliphatic heterocycles. The highest BCUT2D eigenvalue weighted by atomic mass is 16.3. The summed E-state index contributed by atoms with van der Waals surface area (Å²) in [6.07, 6.45) is 6.83. The summed E-state index contributed by atoms with van der Waals surface area (Å²) in [6.45, 7) is 2.11. The van der Waals surface area contributed by atoms with Gasteiger partial charge in [0.2, 0.25) is 0 Å². The SMILES string of the molecule is O=C(NCc1cccc(CO)c1)N1CCC(Cc2cccnc2)CC1. The lowest BCUT2D eigenvalue weighted by Gasteiger charge is -2.32. The van der Waals surface area contributed by atoms with E-state index in [0.29, 0.717) is 12.5 Å². The van der Waals surface area contributed by atoms with Crippen LogP contribution in [0.15, 0.2) is 48.8 Å². The molecule has 0 unspecified atom stereocenters. The van der Waals surface area contributed by atoms with E-state index < -0.39 is 0 Å². The number of urea groups is 1. The van der Waals surface area contributed by atoms with Gasteiger partial charge in [-0.25, -0.2) is 4.79 Å². The number of aromatic nitrogens is 1. The summed E-state index contributed by atoms with van der Waals surface area (Å²) in [7, 11) is 0. The predicted octanol–water partition coefficient (Wildman–Crippen LogP) is 2.74. The highest BCUT2D eigenvalue weighted by molar-refractivity contribution is 5.74. The maximum atomic E-state index is 12.3. The van der Waals surface area contributed by atoms with Gasteiger partial charge in [-0.05, 0) is 47.9 Å². The molecule has 5 heteroatoms.